The van der Waals surface area contributed by atoms with Crippen molar-refractivity contribution in [2.75, 3.05) is 24.5 Å². The smallest absolute Gasteiger partial charge is 0.323 e. The van der Waals surface area contributed by atoms with Gasteiger partial charge in [-0.25, -0.2) is 0 Å². The summed E-state index contributed by atoms with van der Waals surface area (Å²) in [5, 5.41) is 8.98. The molecule has 1 fully saturated rings. The molecule has 1 aromatic rings. The molecule has 6 nitrogen and oxygen atoms in total. The molecule has 0 radical (unpaired) electrons. The summed E-state index contributed by atoms with van der Waals surface area (Å²) in [6.07, 6.45) is 2.18. The van der Waals surface area contributed by atoms with E-state index in [-0.39, 0.29) is 18.4 Å². The van der Waals surface area contributed by atoms with Crippen LogP contribution in [0.15, 0.2) is 30.3 Å². The highest BCUT2D eigenvalue weighted by molar-refractivity contribution is 5.99. The Morgan fingerprint density at radius 2 is 1.90 bits per heavy atom. The van der Waals surface area contributed by atoms with E-state index in [0.717, 1.165) is 12.8 Å². The molecular weight excluding hydrogens is 272 g/mol. The predicted octanol–water partition coefficient (Wildman–Crippen LogP) is 1.12. The van der Waals surface area contributed by atoms with E-state index >= 15 is 0 Å². The molecule has 0 atom stereocenters. The minimum Gasteiger partial charge on any atom is -0.480 e. The monoisotopic (exact) mass is 290 g/mol. The van der Waals surface area contributed by atoms with E-state index in [9.17, 15) is 14.4 Å². The number of nitrogens with zero attached hydrogens (tertiary/aromatic N) is 2. The first-order chi connectivity index (χ1) is 10.1. The molecule has 0 unspecified atom stereocenters. The topological polar surface area (TPSA) is 77.9 Å². The average Bonchev–Trinajstić information content (AvgIpc) is 2.48. The summed E-state index contributed by atoms with van der Waals surface area (Å²) >= 11 is 0. The summed E-state index contributed by atoms with van der Waals surface area (Å²) in [5.41, 5.74) is 0.523. The van der Waals surface area contributed by atoms with E-state index in [1.54, 1.807) is 30.3 Å². The molecule has 0 saturated carbocycles. The van der Waals surface area contributed by atoms with Crippen molar-refractivity contribution in [1.29, 1.82) is 0 Å². The highest BCUT2D eigenvalue weighted by Gasteiger charge is 2.25. The van der Waals surface area contributed by atoms with E-state index in [1.807, 2.05) is 0 Å². The van der Waals surface area contributed by atoms with Crippen LogP contribution in [0.4, 0.5) is 5.69 Å². The zero-order valence-electron chi connectivity index (χ0n) is 11.7. The summed E-state index contributed by atoms with van der Waals surface area (Å²) in [7, 11) is 0. The Kier molecular flexibility index (Phi) is 4.92. The van der Waals surface area contributed by atoms with Gasteiger partial charge in [0.05, 0.1) is 0 Å². The van der Waals surface area contributed by atoms with Gasteiger partial charge in [-0.05, 0) is 25.0 Å². The fourth-order valence-electron chi connectivity index (χ4n) is 2.34. The van der Waals surface area contributed by atoms with Crippen molar-refractivity contribution in [3.63, 3.8) is 0 Å². The summed E-state index contributed by atoms with van der Waals surface area (Å²) in [5.74, 6) is -1.51. The fraction of sp³-hybridized carbons (Fsp3) is 0.400. The lowest BCUT2D eigenvalue weighted by molar-refractivity contribution is -0.138. The van der Waals surface area contributed by atoms with Crippen molar-refractivity contribution < 1.29 is 19.5 Å². The molecule has 2 rings (SSSR count). The molecule has 2 amide bonds. The molecule has 1 aliphatic heterocycles. The minimum absolute atomic E-state index is 0.0436. The molecule has 21 heavy (non-hydrogen) atoms. The number of carbonyl (C=O) groups is 3. The van der Waals surface area contributed by atoms with Crippen molar-refractivity contribution >= 4 is 23.5 Å². The maximum atomic E-state index is 12.4. The third-order valence-corrected chi connectivity index (χ3v) is 3.41. The summed E-state index contributed by atoms with van der Waals surface area (Å²) in [6, 6.07) is 8.63. The van der Waals surface area contributed by atoms with E-state index in [2.05, 4.69) is 0 Å². The van der Waals surface area contributed by atoms with Crippen LogP contribution in [0.5, 0.6) is 0 Å². The number of amides is 2. The predicted molar refractivity (Wildman–Crippen MR) is 76.9 cm³/mol. The Hall–Kier alpha value is -2.37. The summed E-state index contributed by atoms with van der Waals surface area (Å²) < 4.78 is 0. The lowest BCUT2D eigenvalue weighted by Gasteiger charge is -2.29. The Labute approximate surface area is 123 Å². The number of carbonyl (C=O) groups excluding carboxylic acids is 2. The van der Waals surface area contributed by atoms with Crippen LogP contribution in [0.3, 0.4) is 0 Å². The van der Waals surface area contributed by atoms with Gasteiger partial charge in [-0.1, -0.05) is 18.2 Å². The molecule has 1 heterocycles. The third kappa shape index (κ3) is 4.05. The Morgan fingerprint density at radius 1 is 1.19 bits per heavy atom. The zero-order valence-corrected chi connectivity index (χ0v) is 11.7. The molecule has 1 N–H and O–H groups in total. The number of hydrogen-bond acceptors (Lipinski definition) is 3. The Balaban J connectivity index is 2.11. The normalized spacial score (nSPS) is 14.9. The van der Waals surface area contributed by atoms with Gasteiger partial charge >= 0.3 is 5.97 Å². The van der Waals surface area contributed by atoms with Gasteiger partial charge in [0.2, 0.25) is 11.8 Å². The number of carboxylic acids is 1. The van der Waals surface area contributed by atoms with Gasteiger partial charge in [0.15, 0.2) is 0 Å². The number of benzene rings is 1. The summed E-state index contributed by atoms with van der Waals surface area (Å²) in [6.45, 7) is 0.0756. The molecule has 6 heteroatoms. The maximum absolute atomic E-state index is 12.4. The van der Waals surface area contributed by atoms with Crippen molar-refractivity contribution in [1.82, 2.24) is 4.90 Å². The maximum Gasteiger partial charge on any atom is 0.323 e. The van der Waals surface area contributed by atoms with Gasteiger partial charge in [0.1, 0.15) is 13.1 Å². The number of carboxylic acid groups (broad SMARTS) is 1. The van der Waals surface area contributed by atoms with Crippen molar-refractivity contribution in [2.24, 2.45) is 0 Å². The van der Waals surface area contributed by atoms with Crippen LogP contribution in [0, 0.1) is 0 Å². The van der Waals surface area contributed by atoms with Gasteiger partial charge in [-0.3, -0.25) is 19.3 Å². The number of piperidine rings is 1. The zero-order chi connectivity index (χ0) is 15.2. The van der Waals surface area contributed by atoms with Crippen LogP contribution < -0.4 is 4.90 Å². The first kappa shape index (κ1) is 15.0. The minimum atomic E-state index is -1.09. The van der Waals surface area contributed by atoms with E-state index in [0.29, 0.717) is 18.7 Å². The van der Waals surface area contributed by atoms with Gasteiger partial charge in [-0.2, -0.15) is 0 Å². The molecule has 0 bridgehead atoms. The molecule has 1 aliphatic rings. The van der Waals surface area contributed by atoms with Gasteiger partial charge in [0, 0.05) is 18.7 Å². The quantitative estimate of drug-likeness (QED) is 0.881. The highest BCUT2D eigenvalue weighted by Crippen LogP contribution is 2.15. The average molecular weight is 290 g/mol. The molecule has 1 saturated heterocycles. The Bertz CT molecular complexity index is 530. The SMILES string of the molecule is O=C(O)CN(C(=O)CN1CCCCC1=O)c1ccccc1. The van der Waals surface area contributed by atoms with E-state index < -0.39 is 12.5 Å². The number of likely N-dealkylation sites (tertiary alicyclic amines) is 1. The second-order valence-corrected chi connectivity index (χ2v) is 4.98. The largest absolute Gasteiger partial charge is 0.480 e. The van der Waals surface area contributed by atoms with Crippen LogP contribution in [-0.4, -0.2) is 47.4 Å². The van der Waals surface area contributed by atoms with Crippen LogP contribution in [-0.2, 0) is 14.4 Å². The molecule has 112 valence electrons. The van der Waals surface area contributed by atoms with E-state index in [4.69, 9.17) is 5.11 Å². The first-order valence-corrected chi connectivity index (χ1v) is 6.93. The fourth-order valence-corrected chi connectivity index (χ4v) is 2.34. The number of anilines is 1. The standard InChI is InChI=1S/C15H18N2O4/c18-13-8-4-5-9-16(13)10-14(19)17(11-15(20)21)12-6-2-1-3-7-12/h1-3,6-7H,4-5,8-11H2,(H,20,21). The van der Waals surface area contributed by atoms with Crippen LogP contribution in [0.2, 0.25) is 0 Å². The second kappa shape index (κ2) is 6.88. The van der Waals surface area contributed by atoms with Crippen molar-refractivity contribution in [3.05, 3.63) is 30.3 Å². The van der Waals surface area contributed by atoms with Gasteiger partial charge in [-0.15, -0.1) is 0 Å². The highest BCUT2D eigenvalue weighted by atomic mass is 16.4. The molecule has 1 aromatic carbocycles. The van der Waals surface area contributed by atoms with Gasteiger partial charge < -0.3 is 10.0 Å². The molecular formula is C15H18N2O4. The van der Waals surface area contributed by atoms with Crippen LogP contribution in [0.25, 0.3) is 0 Å². The first-order valence-electron chi connectivity index (χ1n) is 6.93. The molecule has 0 aliphatic carbocycles. The number of aliphatic carboxylic acids is 1. The third-order valence-electron chi connectivity index (χ3n) is 3.41. The second-order valence-electron chi connectivity index (χ2n) is 4.98. The number of rotatable bonds is 5. The van der Waals surface area contributed by atoms with Crippen LogP contribution >= 0.6 is 0 Å². The summed E-state index contributed by atoms with van der Waals surface area (Å²) in [4.78, 5) is 37.8. The number of hydrogen-bond donors (Lipinski definition) is 1. The lowest BCUT2D eigenvalue weighted by atomic mass is 10.1. The lowest BCUT2D eigenvalue weighted by Crippen LogP contribution is -2.46. The van der Waals surface area contributed by atoms with Gasteiger partial charge in [0.25, 0.3) is 0 Å². The van der Waals surface area contributed by atoms with Crippen molar-refractivity contribution in [2.45, 2.75) is 19.3 Å². The van der Waals surface area contributed by atoms with Crippen molar-refractivity contribution in [3.8, 4) is 0 Å². The number of para-hydroxylation sites is 1. The van der Waals surface area contributed by atoms with E-state index in [1.165, 1.54) is 9.80 Å². The Morgan fingerprint density at radius 3 is 2.52 bits per heavy atom. The molecule has 0 aromatic heterocycles. The molecule has 0 spiro atoms. The van der Waals surface area contributed by atoms with Crippen LogP contribution in [0.1, 0.15) is 19.3 Å².